The monoisotopic (exact) mass is 466 g/mol. The van der Waals surface area contributed by atoms with Gasteiger partial charge >= 0.3 is 6.36 Å². The van der Waals surface area contributed by atoms with Gasteiger partial charge in [-0.05, 0) is 112 Å². The van der Waals surface area contributed by atoms with Gasteiger partial charge < -0.3 is 4.74 Å². The zero-order valence-electron chi connectivity index (χ0n) is 19.8. The van der Waals surface area contributed by atoms with Crippen LogP contribution in [-0.2, 0) is 0 Å². The van der Waals surface area contributed by atoms with E-state index in [1.807, 2.05) is 0 Å². The summed E-state index contributed by atoms with van der Waals surface area (Å²) in [6.07, 6.45) is 18.5. The highest BCUT2D eigenvalue weighted by Crippen LogP contribution is 2.44. The second kappa shape index (κ2) is 12.6. The van der Waals surface area contributed by atoms with Crippen LogP contribution in [0.4, 0.5) is 17.6 Å². The van der Waals surface area contributed by atoms with Gasteiger partial charge in [0.1, 0.15) is 0 Å². The number of allylic oxidation sites excluding steroid dienone is 4. The van der Waals surface area contributed by atoms with Gasteiger partial charge in [-0.3, -0.25) is 0 Å². The van der Waals surface area contributed by atoms with Gasteiger partial charge in [-0.15, -0.1) is 13.2 Å². The van der Waals surface area contributed by atoms with E-state index in [9.17, 15) is 17.6 Å². The molecule has 184 valence electrons. The highest BCUT2D eigenvalue weighted by atomic mass is 19.4. The summed E-state index contributed by atoms with van der Waals surface area (Å²) in [5.41, 5.74) is 0.791. The minimum Gasteiger partial charge on any atom is -0.403 e. The van der Waals surface area contributed by atoms with Crippen molar-refractivity contribution < 1.29 is 22.3 Å². The lowest BCUT2D eigenvalue weighted by Crippen LogP contribution is -2.25. The van der Waals surface area contributed by atoms with Crippen molar-refractivity contribution in [2.45, 2.75) is 96.3 Å². The van der Waals surface area contributed by atoms with Gasteiger partial charge in [-0.25, -0.2) is 4.39 Å². The maximum Gasteiger partial charge on any atom is 0.573 e. The predicted molar refractivity (Wildman–Crippen MR) is 126 cm³/mol. The zero-order valence-corrected chi connectivity index (χ0v) is 19.8. The van der Waals surface area contributed by atoms with Crippen LogP contribution in [0.15, 0.2) is 42.5 Å². The van der Waals surface area contributed by atoms with E-state index in [4.69, 9.17) is 0 Å². The molecule has 0 radical (unpaired) electrons. The van der Waals surface area contributed by atoms with Gasteiger partial charge in [0, 0.05) is 0 Å². The Morgan fingerprint density at radius 2 is 1.45 bits per heavy atom. The number of ether oxygens (including phenoxy) is 1. The molecule has 0 N–H and O–H groups in total. The van der Waals surface area contributed by atoms with E-state index in [0.717, 1.165) is 67.9 Å². The van der Waals surface area contributed by atoms with Crippen LogP contribution >= 0.6 is 0 Å². The van der Waals surface area contributed by atoms with Crippen molar-refractivity contribution in [3.05, 3.63) is 53.9 Å². The van der Waals surface area contributed by atoms with Crippen LogP contribution < -0.4 is 4.74 Å². The van der Waals surface area contributed by atoms with Crippen LogP contribution in [0.2, 0.25) is 0 Å². The summed E-state index contributed by atoms with van der Waals surface area (Å²) in [5, 5.41) is 0. The minimum atomic E-state index is -4.87. The molecule has 0 aliphatic heterocycles. The van der Waals surface area contributed by atoms with Crippen molar-refractivity contribution in [1.82, 2.24) is 0 Å². The average molecular weight is 467 g/mol. The molecular weight excluding hydrogens is 428 g/mol. The van der Waals surface area contributed by atoms with Crippen molar-refractivity contribution in [3.8, 4) is 5.75 Å². The fraction of sp³-hybridized carbons (Fsp3) is 0.643. The SMILES string of the molecule is CCCC=CCCC=CC1CCC(C2CCC(c3ccc(OC(F)(F)F)c(F)c3)CC2)CC1. The molecule has 33 heavy (non-hydrogen) atoms. The second-order valence-corrected chi connectivity index (χ2v) is 9.79. The Morgan fingerprint density at radius 3 is 2.06 bits per heavy atom. The zero-order chi connectivity index (χ0) is 23.7. The molecule has 1 nitrogen and oxygen atoms in total. The number of rotatable bonds is 9. The molecule has 2 fully saturated rings. The van der Waals surface area contributed by atoms with Crippen LogP contribution in [0.3, 0.4) is 0 Å². The Labute approximate surface area is 196 Å². The number of hydrogen-bond donors (Lipinski definition) is 0. The smallest absolute Gasteiger partial charge is 0.403 e. The number of benzene rings is 1. The molecule has 1 aromatic rings. The molecule has 3 rings (SSSR count). The van der Waals surface area contributed by atoms with E-state index >= 15 is 0 Å². The molecule has 1 aromatic carbocycles. The molecule has 2 aliphatic carbocycles. The molecule has 5 heteroatoms. The Morgan fingerprint density at radius 1 is 0.848 bits per heavy atom. The predicted octanol–water partition coefficient (Wildman–Crippen LogP) is 9.50. The Balaban J connectivity index is 1.39. The molecule has 0 saturated heterocycles. The van der Waals surface area contributed by atoms with E-state index in [1.54, 1.807) is 6.07 Å². The lowest BCUT2D eigenvalue weighted by atomic mass is 9.68. The number of halogens is 4. The Bertz CT molecular complexity index is 767. The van der Waals surface area contributed by atoms with Crippen LogP contribution in [0, 0.1) is 23.6 Å². The lowest BCUT2D eigenvalue weighted by molar-refractivity contribution is -0.275. The van der Waals surface area contributed by atoms with Crippen molar-refractivity contribution in [2.24, 2.45) is 17.8 Å². The average Bonchev–Trinajstić information content (AvgIpc) is 2.79. The maximum absolute atomic E-state index is 14.1. The number of alkyl halides is 3. The topological polar surface area (TPSA) is 9.23 Å². The summed E-state index contributed by atoms with van der Waals surface area (Å²) in [6, 6.07) is 3.93. The lowest BCUT2D eigenvalue weighted by Gasteiger charge is -2.37. The molecule has 2 saturated carbocycles. The van der Waals surface area contributed by atoms with Gasteiger partial charge in [-0.1, -0.05) is 43.7 Å². The molecule has 0 amide bonds. The van der Waals surface area contributed by atoms with Crippen molar-refractivity contribution >= 4 is 0 Å². The van der Waals surface area contributed by atoms with Crippen molar-refractivity contribution in [3.63, 3.8) is 0 Å². The minimum absolute atomic E-state index is 0.223. The quantitative estimate of drug-likeness (QED) is 0.200. The third-order valence-electron chi connectivity index (χ3n) is 7.44. The molecule has 0 aromatic heterocycles. The van der Waals surface area contributed by atoms with Crippen LogP contribution in [-0.4, -0.2) is 6.36 Å². The van der Waals surface area contributed by atoms with Gasteiger partial charge in [0.05, 0.1) is 0 Å². The van der Waals surface area contributed by atoms with E-state index < -0.39 is 17.9 Å². The van der Waals surface area contributed by atoms with Crippen molar-refractivity contribution in [1.29, 1.82) is 0 Å². The van der Waals surface area contributed by atoms with Gasteiger partial charge in [0.2, 0.25) is 0 Å². The summed E-state index contributed by atoms with van der Waals surface area (Å²) in [7, 11) is 0. The highest BCUT2D eigenvalue weighted by Gasteiger charge is 2.33. The van der Waals surface area contributed by atoms with E-state index in [1.165, 1.54) is 44.6 Å². The first-order valence-corrected chi connectivity index (χ1v) is 12.7. The fourth-order valence-corrected chi connectivity index (χ4v) is 5.59. The fourth-order valence-electron chi connectivity index (χ4n) is 5.59. The largest absolute Gasteiger partial charge is 0.573 e. The standard InChI is InChI=1S/C28H38F4O/c1-2-3-4-5-6-7-8-9-21-10-12-22(13-11-21)23-14-16-24(17-15-23)25-18-19-27(26(29)20-25)33-28(30,31)32/h4-5,8-9,18-24H,2-3,6-7,10-17H2,1H3. The Hall–Kier alpha value is -1.78. The third-order valence-corrected chi connectivity index (χ3v) is 7.44. The maximum atomic E-state index is 14.1. The van der Waals surface area contributed by atoms with Gasteiger partial charge in [0.25, 0.3) is 0 Å². The molecule has 0 heterocycles. The molecule has 0 bridgehead atoms. The van der Waals surface area contributed by atoms with Gasteiger partial charge in [-0.2, -0.15) is 0 Å². The van der Waals surface area contributed by atoms with Crippen molar-refractivity contribution in [2.75, 3.05) is 0 Å². The van der Waals surface area contributed by atoms with E-state index in [-0.39, 0.29) is 5.92 Å². The van der Waals surface area contributed by atoms with Crippen LogP contribution in [0.5, 0.6) is 5.75 Å². The summed E-state index contributed by atoms with van der Waals surface area (Å²) in [6.45, 7) is 2.20. The summed E-state index contributed by atoms with van der Waals surface area (Å²) in [5.74, 6) is 0.771. The number of unbranched alkanes of at least 4 members (excludes halogenated alkanes) is 2. The first-order chi connectivity index (χ1) is 15.9. The summed E-state index contributed by atoms with van der Waals surface area (Å²) in [4.78, 5) is 0. The third kappa shape index (κ3) is 8.50. The summed E-state index contributed by atoms with van der Waals surface area (Å²) >= 11 is 0. The van der Waals surface area contributed by atoms with Crippen LogP contribution in [0.1, 0.15) is 95.5 Å². The Kier molecular flexibility index (Phi) is 9.88. The first kappa shape index (κ1) is 25.8. The second-order valence-electron chi connectivity index (χ2n) is 9.79. The molecule has 2 aliphatic rings. The summed E-state index contributed by atoms with van der Waals surface area (Å²) < 4.78 is 54.9. The van der Waals surface area contributed by atoms with E-state index in [0.29, 0.717) is 0 Å². The normalized spacial score (nSPS) is 26.8. The van der Waals surface area contributed by atoms with Crippen LogP contribution in [0.25, 0.3) is 0 Å². The number of hydrogen-bond acceptors (Lipinski definition) is 1. The molecular formula is C28H38F4O. The first-order valence-electron chi connectivity index (χ1n) is 12.7. The molecule has 0 unspecified atom stereocenters. The van der Waals surface area contributed by atoms with Gasteiger partial charge in [0.15, 0.2) is 11.6 Å². The molecule has 0 spiro atoms. The highest BCUT2D eigenvalue weighted by molar-refractivity contribution is 5.31. The molecule has 0 atom stereocenters. The van der Waals surface area contributed by atoms with E-state index in [2.05, 4.69) is 36.0 Å².